The number of anilines is 1. The first kappa shape index (κ1) is 12.5. The van der Waals surface area contributed by atoms with Crippen LogP contribution in [0.2, 0.25) is 0 Å². The van der Waals surface area contributed by atoms with E-state index in [0.717, 1.165) is 23.0 Å². The Morgan fingerprint density at radius 2 is 2.13 bits per heavy atom. The van der Waals surface area contributed by atoms with Crippen molar-refractivity contribution in [3.63, 3.8) is 0 Å². The SMILES string of the molecule is CCCN(C)c1ccc([C@H](C)N)c(Br)c1. The molecule has 0 spiro atoms. The second-order valence-electron chi connectivity index (χ2n) is 3.92. The highest BCUT2D eigenvalue weighted by Gasteiger charge is 2.07. The van der Waals surface area contributed by atoms with E-state index < -0.39 is 0 Å². The summed E-state index contributed by atoms with van der Waals surface area (Å²) in [6, 6.07) is 6.42. The Balaban J connectivity index is 2.91. The van der Waals surface area contributed by atoms with Crippen molar-refractivity contribution in [2.75, 3.05) is 18.5 Å². The molecular formula is C12H19BrN2. The molecule has 2 N–H and O–H groups in total. The Morgan fingerprint density at radius 3 is 2.60 bits per heavy atom. The van der Waals surface area contributed by atoms with Crippen LogP contribution >= 0.6 is 15.9 Å². The number of halogens is 1. The highest BCUT2D eigenvalue weighted by Crippen LogP contribution is 2.26. The van der Waals surface area contributed by atoms with Gasteiger partial charge in [0.15, 0.2) is 0 Å². The molecule has 0 saturated heterocycles. The smallest absolute Gasteiger partial charge is 0.0375 e. The fourth-order valence-electron chi connectivity index (χ4n) is 1.59. The van der Waals surface area contributed by atoms with Crippen molar-refractivity contribution in [3.8, 4) is 0 Å². The average molecular weight is 271 g/mol. The van der Waals surface area contributed by atoms with Gasteiger partial charge in [0.2, 0.25) is 0 Å². The lowest BCUT2D eigenvalue weighted by Crippen LogP contribution is -2.18. The van der Waals surface area contributed by atoms with Crippen LogP contribution in [0.25, 0.3) is 0 Å². The molecule has 0 radical (unpaired) electrons. The normalized spacial score (nSPS) is 12.6. The van der Waals surface area contributed by atoms with Gasteiger partial charge in [0.05, 0.1) is 0 Å². The van der Waals surface area contributed by atoms with Crippen molar-refractivity contribution in [1.29, 1.82) is 0 Å². The summed E-state index contributed by atoms with van der Waals surface area (Å²) in [5, 5.41) is 0. The summed E-state index contributed by atoms with van der Waals surface area (Å²) in [6.07, 6.45) is 1.16. The highest BCUT2D eigenvalue weighted by atomic mass is 79.9. The van der Waals surface area contributed by atoms with E-state index in [-0.39, 0.29) is 6.04 Å². The first-order valence-corrected chi connectivity index (χ1v) is 6.11. The lowest BCUT2D eigenvalue weighted by atomic mass is 10.1. The van der Waals surface area contributed by atoms with Gasteiger partial charge in [-0.2, -0.15) is 0 Å². The van der Waals surface area contributed by atoms with Crippen molar-refractivity contribution < 1.29 is 0 Å². The summed E-state index contributed by atoms with van der Waals surface area (Å²) in [7, 11) is 2.11. The second kappa shape index (κ2) is 5.52. The van der Waals surface area contributed by atoms with Gasteiger partial charge in [-0.15, -0.1) is 0 Å². The lowest BCUT2D eigenvalue weighted by molar-refractivity contribution is 0.810. The van der Waals surface area contributed by atoms with Crippen molar-refractivity contribution >= 4 is 21.6 Å². The molecule has 2 nitrogen and oxygen atoms in total. The van der Waals surface area contributed by atoms with Gasteiger partial charge in [-0.1, -0.05) is 28.9 Å². The lowest BCUT2D eigenvalue weighted by Gasteiger charge is -2.20. The topological polar surface area (TPSA) is 29.3 Å². The third kappa shape index (κ3) is 3.21. The van der Waals surface area contributed by atoms with Crippen molar-refractivity contribution in [2.24, 2.45) is 5.73 Å². The summed E-state index contributed by atoms with van der Waals surface area (Å²) in [4.78, 5) is 2.25. The minimum atomic E-state index is 0.0740. The number of benzene rings is 1. The van der Waals surface area contributed by atoms with Gasteiger partial charge in [-0.3, -0.25) is 0 Å². The van der Waals surface area contributed by atoms with Crippen molar-refractivity contribution in [2.45, 2.75) is 26.3 Å². The van der Waals surface area contributed by atoms with Crippen LogP contribution in [0.15, 0.2) is 22.7 Å². The molecule has 0 amide bonds. The molecule has 0 aliphatic heterocycles. The van der Waals surface area contributed by atoms with E-state index in [1.165, 1.54) is 5.69 Å². The largest absolute Gasteiger partial charge is 0.375 e. The summed E-state index contributed by atoms with van der Waals surface area (Å²) in [6.45, 7) is 5.25. The quantitative estimate of drug-likeness (QED) is 0.910. The predicted octanol–water partition coefficient (Wildman–Crippen LogP) is 3.32. The molecule has 1 aromatic carbocycles. The predicted molar refractivity (Wildman–Crippen MR) is 70.3 cm³/mol. The minimum absolute atomic E-state index is 0.0740. The zero-order valence-corrected chi connectivity index (χ0v) is 11.2. The van der Waals surface area contributed by atoms with Gasteiger partial charge in [-0.25, -0.2) is 0 Å². The van der Waals surface area contributed by atoms with E-state index >= 15 is 0 Å². The standard InChI is InChI=1S/C12H19BrN2/c1-4-7-15(3)10-5-6-11(9(2)14)12(13)8-10/h5-6,8-9H,4,7,14H2,1-3H3/t9-/m0/s1. The van der Waals surface area contributed by atoms with Crippen LogP contribution in [0.1, 0.15) is 31.9 Å². The molecule has 1 rings (SSSR count). The molecule has 0 fully saturated rings. The van der Waals surface area contributed by atoms with Crippen LogP contribution in [0.4, 0.5) is 5.69 Å². The zero-order valence-electron chi connectivity index (χ0n) is 9.63. The van der Waals surface area contributed by atoms with Gasteiger partial charge in [0, 0.05) is 29.8 Å². The van der Waals surface area contributed by atoms with Crippen molar-refractivity contribution in [1.82, 2.24) is 0 Å². The van der Waals surface area contributed by atoms with Crippen LogP contribution < -0.4 is 10.6 Å². The molecule has 0 saturated carbocycles. The third-order valence-corrected chi connectivity index (χ3v) is 3.16. The van der Waals surface area contributed by atoms with E-state index in [4.69, 9.17) is 5.73 Å². The van der Waals surface area contributed by atoms with Gasteiger partial charge in [0.25, 0.3) is 0 Å². The van der Waals surface area contributed by atoms with E-state index in [2.05, 4.69) is 53.0 Å². The fourth-order valence-corrected chi connectivity index (χ4v) is 2.32. The molecule has 0 heterocycles. The number of nitrogens with two attached hydrogens (primary N) is 1. The van der Waals surface area contributed by atoms with Crippen LogP contribution in [0, 0.1) is 0 Å². The number of hydrogen-bond acceptors (Lipinski definition) is 2. The van der Waals surface area contributed by atoms with Crippen LogP contribution in [0.3, 0.4) is 0 Å². The van der Waals surface area contributed by atoms with Crippen LogP contribution in [0.5, 0.6) is 0 Å². The molecule has 0 aromatic heterocycles. The third-order valence-electron chi connectivity index (χ3n) is 2.47. The Kier molecular flexibility index (Phi) is 4.61. The van der Waals surface area contributed by atoms with E-state index in [0.29, 0.717) is 0 Å². The maximum Gasteiger partial charge on any atom is 0.0375 e. The molecule has 3 heteroatoms. The molecule has 0 bridgehead atoms. The van der Waals surface area contributed by atoms with Crippen LogP contribution in [-0.4, -0.2) is 13.6 Å². The zero-order chi connectivity index (χ0) is 11.4. The monoisotopic (exact) mass is 270 g/mol. The first-order valence-electron chi connectivity index (χ1n) is 5.32. The van der Waals surface area contributed by atoms with Gasteiger partial charge in [0.1, 0.15) is 0 Å². The Hall–Kier alpha value is -0.540. The Labute approximate surface area is 101 Å². The molecule has 0 unspecified atom stereocenters. The summed E-state index contributed by atoms with van der Waals surface area (Å²) >= 11 is 3.56. The van der Waals surface area contributed by atoms with E-state index in [9.17, 15) is 0 Å². The molecule has 1 atom stereocenters. The first-order chi connectivity index (χ1) is 7.06. The molecule has 0 aliphatic rings. The maximum atomic E-state index is 5.86. The van der Waals surface area contributed by atoms with E-state index in [1.807, 2.05) is 6.92 Å². The minimum Gasteiger partial charge on any atom is -0.375 e. The number of rotatable bonds is 4. The molecule has 0 aliphatic carbocycles. The maximum absolute atomic E-state index is 5.86. The van der Waals surface area contributed by atoms with Gasteiger partial charge < -0.3 is 10.6 Å². The molecular weight excluding hydrogens is 252 g/mol. The summed E-state index contributed by atoms with van der Waals surface area (Å²) in [5.41, 5.74) is 8.24. The van der Waals surface area contributed by atoms with Crippen LogP contribution in [-0.2, 0) is 0 Å². The second-order valence-corrected chi connectivity index (χ2v) is 4.77. The van der Waals surface area contributed by atoms with Gasteiger partial charge >= 0.3 is 0 Å². The number of nitrogens with zero attached hydrogens (tertiary/aromatic N) is 1. The Morgan fingerprint density at radius 1 is 1.47 bits per heavy atom. The van der Waals surface area contributed by atoms with Gasteiger partial charge in [-0.05, 0) is 31.0 Å². The Bertz CT molecular complexity index is 323. The highest BCUT2D eigenvalue weighted by molar-refractivity contribution is 9.10. The molecule has 15 heavy (non-hydrogen) atoms. The summed E-state index contributed by atoms with van der Waals surface area (Å²) in [5.74, 6) is 0. The molecule has 84 valence electrons. The molecule has 1 aromatic rings. The van der Waals surface area contributed by atoms with E-state index in [1.54, 1.807) is 0 Å². The van der Waals surface area contributed by atoms with Crippen molar-refractivity contribution in [3.05, 3.63) is 28.2 Å². The average Bonchev–Trinajstić information content (AvgIpc) is 2.17. The fraction of sp³-hybridized carbons (Fsp3) is 0.500. The number of hydrogen-bond donors (Lipinski definition) is 1. The summed E-state index contributed by atoms with van der Waals surface area (Å²) < 4.78 is 1.10.